The van der Waals surface area contributed by atoms with Gasteiger partial charge >= 0.3 is 15.5 Å². The fraction of sp³-hybridized carbons (Fsp3) is 0.167. The maximum absolute atomic E-state index is 12.0. The largest absolute Gasteiger partial charge is 0.512 e. The molecule has 0 aromatic carbocycles. The summed E-state index contributed by atoms with van der Waals surface area (Å²) in [7, 11) is -10.9. The van der Waals surface area contributed by atoms with Crippen LogP contribution in [-0.2, 0) is 20.0 Å². The van der Waals surface area contributed by atoms with Gasteiger partial charge < -0.3 is 4.98 Å². The van der Waals surface area contributed by atoms with E-state index in [4.69, 9.17) is 0 Å². The standard InChI is InChI=1S/C6H6F3N3O4S2/c1-2-4-10-3-5(11-4)17(13,14)12-18(15,16)6(7,8)9/h2-3,12H,1H2,(H,10,11). The highest BCUT2D eigenvalue weighted by Crippen LogP contribution is 2.23. The van der Waals surface area contributed by atoms with Crippen molar-refractivity contribution in [1.29, 1.82) is 0 Å². The summed E-state index contributed by atoms with van der Waals surface area (Å²) in [5.41, 5.74) is -5.73. The molecule has 0 saturated heterocycles. The van der Waals surface area contributed by atoms with Crippen molar-refractivity contribution < 1.29 is 30.0 Å². The lowest BCUT2D eigenvalue weighted by molar-refractivity contribution is -0.0441. The normalized spacial score (nSPS) is 13.5. The molecule has 0 radical (unpaired) electrons. The molecular formula is C6H6F3N3O4S2. The highest BCUT2D eigenvalue weighted by Gasteiger charge is 2.48. The molecule has 1 aromatic rings. The van der Waals surface area contributed by atoms with Gasteiger partial charge in [0, 0.05) is 0 Å². The third-order valence-corrected chi connectivity index (χ3v) is 4.73. The highest BCUT2D eigenvalue weighted by molar-refractivity contribution is 8.05. The molecule has 7 nitrogen and oxygen atoms in total. The zero-order valence-corrected chi connectivity index (χ0v) is 10.0. The minimum atomic E-state index is -6.01. The lowest BCUT2D eigenvalue weighted by Crippen LogP contribution is -2.40. The van der Waals surface area contributed by atoms with E-state index in [0.29, 0.717) is 10.3 Å². The van der Waals surface area contributed by atoms with E-state index in [2.05, 4.69) is 16.5 Å². The van der Waals surface area contributed by atoms with Crippen LogP contribution in [0.4, 0.5) is 13.2 Å². The first kappa shape index (κ1) is 14.7. The Kier molecular flexibility index (Phi) is 3.56. The van der Waals surface area contributed by atoms with Crippen LogP contribution in [0.5, 0.6) is 0 Å². The van der Waals surface area contributed by atoms with Gasteiger partial charge in [0.15, 0.2) is 5.03 Å². The molecule has 18 heavy (non-hydrogen) atoms. The van der Waals surface area contributed by atoms with E-state index in [1.807, 2.05) is 0 Å². The van der Waals surface area contributed by atoms with Gasteiger partial charge in [-0.25, -0.2) is 21.8 Å². The lowest BCUT2D eigenvalue weighted by Gasteiger charge is -2.08. The van der Waals surface area contributed by atoms with Crippen LogP contribution in [0.2, 0.25) is 0 Å². The van der Waals surface area contributed by atoms with E-state index >= 15 is 0 Å². The molecule has 0 amide bonds. The van der Waals surface area contributed by atoms with Crippen molar-refractivity contribution in [2.75, 3.05) is 0 Å². The molecule has 102 valence electrons. The van der Waals surface area contributed by atoms with Crippen LogP contribution in [-0.4, -0.2) is 32.3 Å². The van der Waals surface area contributed by atoms with Gasteiger partial charge in [0.05, 0.1) is 6.20 Å². The molecule has 0 aliphatic heterocycles. The Hall–Kier alpha value is -1.40. The minimum absolute atomic E-state index is 0.0419. The Morgan fingerprint density at radius 2 is 1.89 bits per heavy atom. The molecule has 0 fully saturated rings. The van der Waals surface area contributed by atoms with Crippen LogP contribution >= 0.6 is 0 Å². The Balaban J connectivity index is 3.14. The van der Waals surface area contributed by atoms with Crippen molar-refractivity contribution in [2.45, 2.75) is 10.5 Å². The van der Waals surface area contributed by atoms with Crippen LogP contribution in [0, 0.1) is 0 Å². The maximum atomic E-state index is 12.0. The molecule has 0 atom stereocenters. The lowest BCUT2D eigenvalue weighted by atomic mass is 10.6. The number of hydrogen-bond donors (Lipinski definition) is 2. The minimum Gasteiger partial charge on any atom is -0.328 e. The second-order valence-electron chi connectivity index (χ2n) is 2.87. The van der Waals surface area contributed by atoms with E-state index in [-0.39, 0.29) is 5.82 Å². The van der Waals surface area contributed by atoms with Crippen LogP contribution in [0.25, 0.3) is 6.08 Å². The number of hydrogen-bond acceptors (Lipinski definition) is 5. The summed E-state index contributed by atoms with van der Waals surface area (Å²) in [6, 6.07) is 0. The second kappa shape index (κ2) is 4.37. The Bertz CT molecular complexity index is 658. The molecular weight excluding hydrogens is 299 g/mol. The first-order chi connectivity index (χ1) is 7.99. The third kappa shape index (κ3) is 2.88. The van der Waals surface area contributed by atoms with Crippen molar-refractivity contribution in [3.05, 3.63) is 18.6 Å². The third-order valence-electron chi connectivity index (χ3n) is 1.58. The van der Waals surface area contributed by atoms with E-state index in [1.54, 1.807) is 0 Å². The number of aromatic amines is 1. The van der Waals surface area contributed by atoms with Gasteiger partial charge in [-0.2, -0.15) is 13.2 Å². The smallest absolute Gasteiger partial charge is 0.328 e. The summed E-state index contributed by atoms with van der Waals surface area (Å²) in [6.07, 6.45) is 1.75. The van der Waals surface area contributed by atoms with Gasteiger partial charge in [-0.15, -0.1) is 0 Å². The summed E-state index contributed by atoms with van der Waals surface area (Å²) in [6.45, 7) is 3.23. The molecule has 2 N–H and O–H groups in total. The number of halogens is 3. The van der Waals surface area contributed by atoms with E-state index in [9.17, 15) is 30.0 Å². The second-order valence-corrected chi connectivity index (χ2v) is 6.46. The van der Waals surface area contributed by atoms with Gasteiger partial charge in [0.25, 0.3) is 10.0 Å². The van der Waals surface area contributed by atoms with E-state index in [0.717, 1.165) is 6.08 Å². The number of aromatic nitrogens is 2. The monoisotopic (exact) mass is 305 g/mol. The van der Waals surface area contributed by atoms with Crippen molar-refractivity contribution in [1.82, 2.24) is 14.1 Å². The van der Waals surface area contributed by atoms with E-state index < -0.39 is 30.6 Å². The summed E-state index contributed by atoms with van der Waals surface area (Å²) in [4.78, 5) is 5.49. The summed E-state index contributed by atoms with van der Waals surface area (Å²) in [5.74, 6) is -0.0419. The van der Waals surface area contributed by atoms with Gasteiger partial charge in [-0.1, -0.05) is 10.7 Å². The summed E-state index contributed by atoms with van der Waals surface area (Å²) in [5, 5.41) is -0.828. The molecule has 12 heteroatoms. The topological polar surface area (TPSA) is 109 Å². The molecule has 0 bridgehead atoms. The van der Waals surface area contributed by atoms with E-state index in [1.165, 1.54) is 0 Å². The van der Waals surface area contributed by atoms with Crippen LogP contribution in [0.1, 0.15) is 5.82 Å². The number of H-pyrrole nitrogens is 1. The molecule has 1 rings (SSSR count). The number of nitrogens with zero attached hydrogens (tertiary/aromatic N) is 1. The van der Waals surface area contributed by atoms with Gasteiger partial charge in [0.2, 0.25) is 0 Å². The molecule has 1 heterocycles. The number of imidazole rings is 1. The van der Waals surface area contributed by atoms with Crippen LogP contribution < -0.4 is 4.13 Å². The van der Waals surface area contributed by atoms with Crippen LogP contribution in [0.15, 0.2) is 17.8 Å². The number of nitrogens with one attached hydrogen (secondary N) is 2. The SMILES string of the molecule is C=Cc1ncc(S(=O)(=O)NS(=O)(=O)C(F)(F)F)[nH]1. The number of rotatable bonds is 4. The number of sulfonamides is 2. The summed E-state index contributed by atoms with van der Waals surface area (Å²) < 4.78 is 80.5. The zero-order chi connectivity index (χ0) is 14.2. The Labute approximate surface area is 99.8 Å². The Morgan fingerprint density at radius 1 is 1.33 bits per heavy atom. The first-order valence-electron chi connectivity index (χ1n) is 4.02. The number of alkyl halides is 3. The van der Waals surface area contributed by atoms with Crippen molar-refractivity contribution in [2.24, 2.45) is 0 Å². The molecule has 1 aromatic heterocycles. The van der Waals surface area contributed by atoms with Gasteiger partial charge in [-0.05, 0) is 6.08 Å². The fourth-order valence-electron chi connectivity index (χ4n) is 0.796. The van der Waals surface area contributed by atoms with Crippen molar-refractivity contribution in [3.8, 4) is 0 Å². The average molecular weight is 305 g/mol. The first-order valence-corrected chi connectivity index (χ1v) is 6.98. The maximum Gasteiger partial charge on any atom is 0.512 e. The van der Waals surface area contributed by atoms with Gasteiger partial charge in [0.1, 0.15) is 5.82 Å². The van der Waals surface area contributed by atoms with Crippen LogP contribution in [0.3, 0.4) is 0 Å². The molecule has 0 unspecified atom stereocenters. The fourth-order valence-corrected chi connectivity index (χ4v) is 3.12. The van der Waals surface area contributed by atoms with Crippen molar-refractivity contribution >= 4 is 26.1 Å². The van der Waals surface area contributed by atoms with Crippen molar-refractivity contribution in [3.63, 3.8) is 0 Å². The van der Waals surface area contributed by atoms with Gasteiger partial charge in [-0.3, -0.25) is 0 Å². The highest BCUT2D eigenvalue weighted by atomic mass is 32.3. The predicted octanol–water partition coefficient (Wildman–Crippen LogP) is 0.181. The molecule has 0 spiro atoms. The zero-order valence-electron chi connectivity index (χ0n) is 8.39. The molecule has 0 saturated carbocycles. The average Bonchev–Trinajstić information content (AvgIpc) is 2.62. The quantitative estimate of drug-likeness (QED) is 0.825. The molecule has 0 aliphatic rings. The predicted molar refractivity (Wildman–Crippen MR) is 54.0 cm³/mol. The Morgan fingerprint density at radius 3 is 2.28 bits per heavy atom. The molecule has 0 aliphatic carbocycles. The summed E-state index contributed by atoms with van der Waals surface area (Å²) >= 11 is 0.